The van der Waals surface area contributed by atoms with Gasteiger partial charge in [-0.25, -0.2) is 4.98 Å². The van der Waals surface area contributed by atoms with Gasteiger partial charge in [-0.1, -0.05) is 18.5 Å². The highest BCUT2D eigenvalue weighted by atomic mass is 35.5. The van der Waals surface area contributed by atoms with Crippen molar-refractivity contribution in [3.05, 3.63) is 22.8 Å². The zero-order chi connectivity index (χ0) is 12.4. The summed E-state index contributed by atoms with van der Waals surface area (Å²) in [5.41, 5.74) is 0.510. The van der Waals surface area contributed by atoms with E-state index in [9.17, 15) is 4.79 Å². The molecule has 1 aromatic heterocycles. The number of carbonyl (C=O) groups excluding carboxylic acids is 1. The van der Waals surface area contributed by atoms with Crippen LogP contribution in [0.25, 0.3) is 0 Å². The number of rotatable bonds is 4. The van der Waals surface area contributed by atoms with E-state index in [0.29, 0.717) is 28.4 Å². The summed E-state index contributed by atoms with van der Waals surface area (Å²) in [6, 6.07) is 1.96. The molecule has 1 aliphatic rings. The molecule has 0 aromatic carbocycles. The van der Waals surface area contributed by atoms with E-state index in [-0.39, 0.29) is 5.91 Å². The Morgan fingerprint density at radius 3 is 2.88 bits per heavy atom. The van der Waals surface area contributed by atoms with Crippen LogP contribution in [0.5, 0.6) is 0 Å². The van der Waals surface area contributed by atoms with Crippen LogP contribution in [0.2, 0.25) is 5.02 Å². The summed E-state index contributed by atoms with van der Waals surface area (Å²) in [6.07, 6.45) is 2.61. The van der Waals surface area contributed by atoms with Gasteiger partial charge < -0.3 is 10.6 Å². The van der Waals surface area contributed by atoms with E-state index < -0.39 is 0 Å². The fourth-order valence-electron chi connectivity index (χ4n) is 1.63. The molecule has 2 unspecified atom stereocenters. The van der Waals surface area contributed by atoms with Crippen LogP contribution in [0, 0.1) is 5.92 Å². The van der Waals surface area contributed by atoms with Crippen LogP contribution in [0.4, 0.5) is 5.82 Å². The molecule has 1 fully saturated rings. The molecule has 1 aliphatic carbocycles. The zero-order valence-corrected chi connectivity index (χ0v) is 10.7. The minimum absolute atomic E-state index is 0.100. The lowest BCUT2D eigenvalue weighted by Gasteiger charge is -2.07. The fourth-order valence-corrected chi connectivity index (χ4v) is 1.87. The Bertz CT molecular complexity index is 436. The Hall–Kier alpha value is -1.29. The maximum absolute atomic E-state index is 11.8. The van der Waals surface area contributed by atoms with Crippen molar-refractivity contribution in [1.82, 2.24) is 10.3 Å². The van der Waals surface area contributed by atoms with E-state index in [1.54, 1.807) is 12.3 Å². The van der Waals surface area contributed by atoms with Gasteiger partial charge in [0.15, 0.2) is 0 Å². The second-order valence-corrected chi connectivity index (χ2v) is 4.78. The first-order valence-corrected chi connectivity index (χ1v) is 6.20. The van der Waals surface area contributed by atoms with Crippen molar-refractivity contribution in [2.75, 3.05) is 11.9 Å². The normalized spacial score (nSPS) is 22.1. The number of pyridine rings is 1. The largest absolute Gasteiger partial charge is 0.369 e. The third-order valence-electron chi connectivity index (χ3n) is 2.87. The number of aromatic nitrogens is 1. The molecule has 5 heteroatoms. The average molecular weight is 254 g/mol. The number of halogens is 1. The number of hydrogen-bond acceptors (Lipinski definition) is 3. The Balaban J connectivity index is 2.05. The molecular weight excluding hydrogens is 238 g/mol. The second kappa shape index (κ2) is 4.92. The van der Waals surface area contributed by atoms with Gasteiger partial charge in [-0.05, 0) is 25.3 Å². The van der Waals surface area contributed by atoms with Gasteiger partial charge in [-0.2, -0.15) is 0 Å². The van der Waals surface area contributed by atoms with Gasteiger partial charge >= 0.3 is 0 Å². The summed E-state index contributed by atoms with van der Waals surface area (Å²) in [5.74, 6) is 1.10. The van der Waals surface area contributed by atoms with E-state index in [1.807, 2.05) is 6.92 Å². The second-order valence-electron chi connectivity index (χ2n) is 4.38. The topological polar surface area (TPSA) is 54.0 Å². The average Bonchev–Trinajstić information content (AvgIpc) is 2.97. The van der Waals surface area contributed by atoms with Crippen LogP contribution in [0.3, 0.4) is 0 Å². The number of carbonyl (C=O) groups is 1. The molecule has 2 atom stereocenters. The molecule has 0 saturated heterocycles. The summed E-state index contributed by atoms with van der Waals surface area (Å²) in [4.78, 5) is 16.0. The Morgan fingerprint density at radius 2 is 2.35 bits per heavy atom. The Labute approximate surface area is 106 Å². The summed E-state index contributed by atoms with van der Waals surface area (Å²) in [6.45, 7) is 4.83. The van der Waals surface area contributed by atoms with Crippen molar-refractivity contribution < 1.29 is 4.79 Å². The molecule has 0 aliphatic heterocycles. The number of amides is 1. The molecule has 17 heavy (non-hydrogen) atoms. The molecule has 92 valence electrons. The lowest BCUT2D eigenvalue weighted by molar-refractivity contribution is 0.0949. The molecular formula is C12H16ClN3O. The highest BCUT2D eigenvalue weighted by Gasteiger charge is 2.34. The summed E-state index contributed by atoms with van der Waals surface area (Å²) in [5, 5.41) is 6.44. The minimum Gasteiger partial charge on any atom is -0.369 e. The molecule has 2 N–H and O–H groups in total. The quantitative estimate of drug-likeness (QED) is 0.866. The molecule has 2 rings (SSSR count). The summed E-state index contributed by atoms with van der Waals surface area (Å²) >= 11 is 6.03. The van der Waals surface area contributed by atoms with E-state index in [0.717, 1.165) is 13.0 Å². The van der Waals surface area contributed by atoms with Crippen LogP contribution >= 0.6 is 11.6 Å². The molecule has 4 nitrogen and oxygen atoms in total. The SMILES string of the molecule is CCNc1ncc(C(=O)NC2CC2C)cc1Cl. The zero-order valence-electron chi connectivity index (χ0n) is 9.96. The highest BCUT2D eigenvalue weighted by molar-refractivity contribution is 6.33. The molecule has 1 heterocycles. The van der Waals surface area contributed by atoms with Crippen LogP contribution < -0.4 is 10.6 Å². The molecule has 1 saturated carbocycles. The Morgan fingerprint density at radius 1 is 1.65 bits per heavy atom. The lowest BCUT2D eigenvalue weighted by Crippen LogP contribution is -2.26. The number of anilines is 1. The lowest BCUT2D eigenvalue weighted by atomic mass is 10.2. The van der Waals surface area contributed by atoms with Gasteiger partial charge in [-0.15, -0.1) is 0 Å². The van der Waals surface area contributed by atoms with Crippen molar-refractivity contribution in [2.24, 2.45) is 5.92 Å². The van der Waals surface area contributed by atoms with Gasteiger partial charge in [0, 0.05) is 18.8 Å². The summed E-state index contributed by atoms with van der Waals surface area (Å²) < 4.78 is 0. The monoisotopic (exact) mass is 253 g/mol. The van der Waals surface area contributed by atoms with E-state index in [4.69, 9.17) is 11.6 Å². The predicted molar refractivity (Wildman–Crippen MR) is 68.4 cm³/mol. The molecule has 0 radical (unpaired) electrons. The fraction of sp³-hybridized carbons (Fsp3) is 0.500. The van der Waals surface area contributed by atoms with Gasteiger partial charge in [0.05, 0.1) is 10.6 Å². The van der Waals surface area contributed by atoms with Gasteiger partial charge in [0.2, 0.25) is 0 Å². The maximum Gasteiger partial charge on any atom is 0.253 e. The van der Waals surface area contributed by atoms with Crippen molar-refractivity contribution in [3.63, 3.8) is 0 Å². The van der Waals surface area contributed by atoms with Gasteiger partial charge in [0.25, 0.3) is 5.91 Å². The molecule has 1 aromatic rings. The number of nitrogens with one attached hydrogen (secondary N) is 2. The first-order chi connectivity index (χ1) is 8.11. The third kappa shape index (κ3) is 2.88. The van der Waals surface area contributed by atoms with Crippen LogP contribution in [0.15, 0.2) is 12.3 Å². The highest BCUT2D eigenvalue weighted by Crippen LogP contribution is 2.29. The third-order valence-corrected chi connectivity index (χ3v) is 3.16. The Kier molecular flexibility index (Phi) is 3.52. The first kappa shape index (κ1) is 12.2. The van der Waals surface area contributed by atoms with Crippen molar-refractivity contribution in [3.8, 4) is 0 Å². The van der Waals surface area contributed by atoms with Gasteiger partial charge in [-0.3, -0.25) is 4.79 Å². The minimum atomic E-state index is -0.100. The predicted octanol–water partition coefficient (Wildman–Crippen LogP) is 2.31. The van der Waals surface area contributed by atoms with E-state index in [1.165, 1.54) is 0 Å². The van der Waals surface area contributed by atoms with E-state index >= 15 is 0 Å². The van der Waals surface area contributed by atoms with Crippen LogP contribution in [-0.2, 0) is 0 Å². The van der Waals surface area contributed by atoms with Crippen molar-refractivity contribution >= 4 is 23.3 Å². The molecule has 1 amide bonds. The number of nitrogens with zero attached hydrogens (tertiary/aromatic N) is 1. The first-order valence-electron chi connectivity index (χ1n) is 5.82. The molecule has 0 bridgehead atoms. The van der Waals surface area contributed by atoms with Crippen molar-refractivity contribution in [2.45, 2.75) is 26.3 Å². The van der Waals surface area contributed by atoms with Gasteiger partial charge in [0.1, 0.15) is 5.82 Å². The van der Waals surface area contributed by atoms with Crippen molar-refractivity contribution in [1.29, 1.82) is 0 Å². The van der Waals surface area contributed by atoms with Crippen LogP contribution in [0.1, 0.15) is 30.6 Å². The summed E-state index contributed by atoms with van der Waals surface area (Å²) in [7, 11) is 0. The molecule has 0 spiro atoms. The number of hydrogen-bond donors (Lipinski definition) is 2. The standard InChI is InChI=1S/C12H16ClN3O/c1-3-14-11-9(13)5-8(6-15-11)12(17)16-10-4-7(10)2/h5-7,10H,3-4H2,1-2H3,(H,14,15)(H,16,17). The van der Waals surface area contributed by atoms with Crippen LogP contribution in [-0.4, -0.2) is 23.5 Å². The maximum atomic E-state index is 11.8. The smallest absolute Gasteiger partial charge is 0.253 e. The van der Waals surface area contributed by atoms with E-state index in [2.05, 4.69) is 22.5 Å².